The SMILES string of the molecule is CC(=O)c1cccc(C)c1OCc1ccccc1C. The molecule has 0 atom stereocenters. The van der Waals surface area contributed by atoms with Gasteiger partial charge < -0.3 is 4.74 Å². The summed E-state index contributed by atoms with van der Waals surface area (Å²) in [5, 5.41) is 0. The summed E-state index contributed by atoms with van der Waals surface area (Å²) in [6.07, 6.45) is 0. The zero-order valence-corrected chi connectivity index (χ0v) is 11.6. The second-order valence-corrected chi connectivity index (χ2v) is 4.72. The van der Waals surface area contributed by atoms with E-state index < -0.39 is 0 Å². The zero-order chi connectivity index (χ0) is 13.8. The molecule has 2 aromatic carbocycles. The van der Waals surface area contributed by atoms with Crippen LogP contribution in [0.1, 0.15) is 34.0 Å². The van der Waals surface area contributed by atoms with E-state index in [4.69, 9.17) is 4.74 Å². The topological polar surface area (TPSA) is 26.3 Å². The summed E-state index contributed by atoms with van der Waals surface area (Å²) in [5.74, 6) is 0.724. The van der Waals surface area contributed by atoms with Gasteiger partial charge in [-0.1, -0.05) is 36.4 Å². The molecule has 0 amide bonds. The van der Waals surface area contributed by atoms with E-state index in [1.54, 1.807) is 6.92 Å². The fourth-order valence-corrected chi connectivity index (χ4v) is 2.04. The van der Waals surface area contributed by atoms with Crippen LogP contribution < -0.4 is 4.74 Å². The van der Waals surface area contributed by atoms with Crippen LogP contribution in [-0.4, -0.2) is 5.78 Å². The van der Waals surface area contributed by atoms with Crippen molar-refractivity contribution in [1.82, 2.24) is 0 Å². The first-order chi connectivity index (χ1) is 9.09. The normalized spacial score (nSPS) is 10.3. The molecule has 0 aliphatic heterocycles. The van der Waals surface area contributed by atoms with E-state index in [9.17, 15) is 4.79 Å². The van der Waals surface area contributed by atoms with E-state index in [-0.39, 0.29) is 5.78 Å². The molecule has 0 fully saturated rings. The van der Waals surface area contributed by atoms with Crippen LogP contribution in [0.3, 0.4) is 0 Å². The van der Waals surface area contributed by atoms with Crippen molar-refractivity contribution in [3.05, 3.63) is 64.7 Å². The molecule has 98 valence electrons. The van der Waals surface area contributed by atoms with E-state index in [0.717, 1.165) is 11.1 Å². The van der Waals surface area contributed by atoms with Crippen LogP contribution in [0, 0.1) is 13.8 Å². The number of carbonyl (C=O) groups is 1. The van der Waals surface area contributed by atoms with Gasteiger partial charge in [-0.05, 0) is 43.5 Å². The summed E-state index contributed by atoms with van der Waals surface area (Å²) in [7, 11) is 0. The van der Waals surface area contributed by atoms with Crippen molar-refractivity contribution in [3.63, 3.8) is 0 Å². The predicted octanol–water partition coefficient (Wildman–Crippen LogP) is 4.09. The number of ether oxygens (including phenoxy) is 1. The fourth-order valence-electron chi connectivity index (χ4n) is 2.04. The van der Waals surface area contributed by atoms with Gasteiger partial charge in [0.25, 0.3) is 0 Å². The molecule has 2 heteroatoms. The zero-order valence-electron chi connectivity index (χ0n) is 11.6. The van der Waals surface area contributed by atoms with Gasteiger partial charge in [-0.2, -0.15) is 0 Å². The Balaban J connectivity index is 2.25. The van der Waals surface area contributed by atoms with Gasteiger partial charge >= 0.3 is 0 Å². The maximum absolute atomic E-state index is 11.6. The third-order valence-electron chi connectivity index (χ3n) is 3.22. The molecule has 0 bridgehead atoms. The highest BCUT2D eigenvalue weighted by Crippen LogP contribution is 2.25. The lowest BCUT2D eigenvalue weighted by Gasteiger charge is -2.13. The lowest BCUT2D eigenvalue weighted by molar-refractivity contribution is 0.101. The Labute approximate surface area is 114 Å². The maximum atomic E-state index is 11.6. The summed E-state index contributed by atoms with van der Waals surface area (Å²) in [6, 6.07) is 13.8. The Morgan fingerprint density at radius 2 is 1.68 bits per heavy atom. The number of ketones is 1. The molecule has 2 nitrogen and oxygen atoms in total. The van der Waals surface area contributed by atoms with Gasteiger partial charge in [-0.25, -0.2) is 0 Å². The Hall–Kier alpha value is -2.09. The average Bonchev–Trinajstić information content (AvgIpc) is 2.38. The monoisotopic (exact) mass is 254 g/mol. The van der Waals surface area contributed by atoms with Crippen LogP contribution in [0.5, 0.6) is 5.75 Å². The van der Waals surface area contributed by atoms with Crippen molar-refractivity contribution >= 4 is 5.78 Å². The Morgan fingerprint density at radius 3 is 2.37 bits per heavy atom. The van der Waals surface area contributed by atoms with E-state index in [1.807, 2.05) is 43.3 Å². The third kappa shape index (κ3) is 3.02. The molecule has 19 heavy (non-hydrogen) atoms. The highest BCUT2D eigenvalue weighted by Gasteiger charge is 2.11. The van der Waals surface area contributed by atoms with E-state index >= 15 is 0 Å². The van der Waals surface area contributed by atoms with Crippen LogP contribution >= 0.6 is 0 Å². The highest BCUT2D eigenvalue weighted by atomic mass is 16.5. The standard InChI is InChI=1S/C17H18O2/c1-12-7-4-5-9-15(12)11-19-17-13(2)8-6-10-16(17)14(3)18/h4-10H,11H2,1-3H3. The lowest BCUT2D eigenvalue weighted by Crippen LogP contribution is -2.04. The summed E-state index contributed by atoms with van der Waals surface area (Å²) >= 11 is 0. The van der Waals surface area contributed by atoms with Gasteiger partial charge in [-0.3, -0.25) is 4.79 Å². The molecule has 0 aliphatic carbocycles. The number of aryl methyl sites for hydroxylation is 2. The summed E-state index contributed by atoms with van der Waals surface area (Å²) in [6.45, 7) is 6.06. The van der Waals surface area contributed by atoms with E-state index in [1.165, 1.54) is 5.56 Å². The molecule has 0 spiro atoms. The number of Topliss-reactive ketones (excluding diaryl/α,β-unsaturated/α-hetero) is 1. The largest absolute Gasteiger partial charge is 0.488 e. The first-order valence-corrected chi connectivity index (χ1v) is 6.37. The summed E-state index contributed by atoms with van der Waals surface area (Å²) < 4.78 is 5.88. The minimum atomic E-state index is 0.0310. The fraction of sp³-hybridized carbons (Fsp3) is 0.235. The second-order valence-electron chi connectivity index (χ2n) is 4.72. The van der Waals surface area contributed by atoms with Gasteiger partial charge in [-0.15, -0.1) is 0 Å². The Kier molecular flexibility index (Phi) is 4.00. The third-order valence-corrected chi connectivity index (χ3v) is 3.22. The first-order valence-electron chi connectivity index (χ1n) is 6.37. The maximum Gasteiger partial charge on any atom is 0.163 e. The van der Waals surface area contributed by atoms with Crippen molar-refractivity contribution < 1.29 is 9.53 Å². The molecule has 0 saturated heterocycles. The van der Waals surface area contributed by atoms with Crippen molar-refractivity contribution in [2.24, 2.45) is 0 Å². The number of benzene rings is 2. The number of hydrogen-bond donors (Lipinski definition) is 0. The highest BCUT2D eigenvalue weighted by molar-refractivity contribution is 5.97. The van der Waals surface area contributed by atoms with Gasteiger partial charge in [0.2, 0.25) is 0 Å². The molecular weight excluding hydrogens is 236 g/mol. The average molecular weight is 254 g/mol. The van der Waals surface area contributed by atoms with Crippen LogP contribution in [0.2, 0.25) is 0 Å². The van der Waals surface area contributed by atoms with Gasteiger partial charge in [0.1, 0.15) is 12.4 Å². The minimum Gasteiger partial charge on any atom is -0.488 e. The number of hydrogen-bond acceptors (Lipinski definition) is 2. The molecule has 2 aromatic rings. The molecule has 2 rings (SSSR count). The smallest absolute Gasteiger partial charge is 0.163 e. The number of rotatable bonds is 4. The molecule has 0 aromatic heterocycles. The Morgan fingerprint density at radius 1 is 1.00 bits per heavy atom. The molecule has 0 N–H and O–H groups in total. The molecular formula is C17H18O2. The molecule has 0 aliphatic rings. The number of para-hydroxylation sites is 1. The summed E-state index contributed by atoms with van der Waals surface area (Å²) in [5.41, 5.74) is 3.97. The molecule has 0 radical (unpaired) electrons. The first kappa shape index (κ1) is 13.3. The van der Waals surface area contributed by atoms with Gasteiger partial charge in [0.15, 0.2) is 5.78 Å². The van der Waals surface area contributed by atoms with Gasteiger partial charge in [0.05, 0.1) is 5.56 Å². The van der Waals surface area contributed by atoms with Crippen molar-refractivity contribution in [1.29, 1.82) is 0 Å². The van der Waals surface area contributed by atoms with Crippen LogP contribution in [-0.2, 0) is 6.61 Å². The van der Waals surface area contributed by atoms with Gasteiger partial charge in [0, 0.05) is 0 Å². The van der Waals surface area contributed by atoms with E-state index in [2.05, 4.69) is 13.0 Å². The van der Waals surface area contributed by atoms with Crippen molar-refractivity contribution in [2.45, 2.75) is 27.4 Å². The quantitative estimate of drug-likeness (QED) is 0.768. The van der Waals surface area contributed by atoms with E-state index in [0.29, 0.717) is 17.9 Å². The lowest BCUT2D eigenvalue weighted by atomic mass is 10.1. The molecule has 0 saturated carbocycles. The van der Waals surface area contributed by atoms with Crippen LogP contribution in [0.25, 0.3) is 0 Å². The van der Waals surface area contributed by atoms with Crippen LogP contribution in [0.4, 0.5) is 0 Å². The molecule has 0 unspecified atom stereocenters. The molecule has 0 heterocycles. The number of carbonyl (C=O) groups excluding carboxylic acids is 1. The second kappa shape index (κ2) is 5.70. The predicted molar refractivity (Wildman–Crippen MR) is 76.7 cm³/mol. The minimum absolute atomic E-state index is 0.0310. The van der Waals surface area contributed by atoms with Crippen molar-refractivity contribution in [2.75, 3.05) is 0 Å². The Bertz CT molecular complexity index is 600. The van der Waals surface area contributed by atoms with Crippen LogP contribution in [0.15, 0.2) is 42.5 Å². The van der Waals surface area contributed by atoms with Crippen molar-refractivity contribution in [3.8, 4) is 5.75 Å². The summed E-state index contributed by atoms with van der Waals surface area (Å²) in [4.78, 5) is 11.6.